The van der Waals surface area contributed by atoms with Gasteiger partial charge in [0.1, 0.15) is 0 Å². The molecule has 0 aromatic carbocycles. The minimum atomic E-state index is -0.904. The van der Waals surface area contributed by atoms with E-state index in [9.17, 15) is 14.4 Å². The number of hydrogen-bond acceptors (Lipinski definition) is 3. The van der Waals surface area contributed by atoms with Crippen LogP contribution in [0.1, 0.15) is 44.9 Å². The van der Waals surface area contributed by atoms with Gasteiger partial charge in [-0.15, -0.1) is 12.3 Å². The highest BCUT2D eigenvalue weighted by atomic mass is 16.4. The van der Waals surface area contributed by atoms with Gasteiger partial charge in [-0.1, -0.05) is 12.8 Å². The molecular formula is C14H20N2O4. The van der Waals surface area contributed by atoms with Crippen LogP contribution in [-0.2, 0) is 9.59 Å². The molecule has 1 aliphatic carbocycles. The summed E-state index contributed by atoms with van der Waals surface area (Å²) in [4.78, 5) is 34.1. The molecule has 0 bridgehead atoms. The summed E-state index contributed by atoms with van der Waals surface area (Å²) in [6.45, 7) is 0.301. The van der Waals surface area contributed by atoms with Crippen molar-refractivity contribution in [3.8, 4) is 12.3 Å². The Labute approximate surface area is 118 Å². The standard InChI is InChI=1S/C14H20N2O4/c1-2-3-8-15-13(20)16-11(17)9-14(10-12(18)19)6-4-5-7-14/h1H,3-10H2,(H,18,19)(H2,15,16,17,20). The summed E-state index contributed by atoms with van der Waals surface area (Å²) < 4.78 is 0. The normalized spacial score (nSPS) is 16.1. The van der Waals surface area contributed by atoms with Crippen molar-refractivity contribution in [2.45, 2.75) is 44.9 Å². The summed E-state index contributed by atoms with van der Waals surface area (Å²) in [5.41, 5.74) is -0.505. The van der Waals surface area contributed by atoms with Gasteiger partial charge in [0, 0.05) is 19.4 Å². The molecule has 0 aromatic heterocycles. The van der Waals surface area contributed by atoms with Crippen LogP contribution in [0.2, 0.25) is 0 Å². The van der Waals surface area contributed by atoms with E-state index in [1.165, 1.54) is 0 Å². The van der Waals surface area contributed by atoms with E-state index in [4.69, 9.17) is 11.5 Å². The maximum absolute atomic E-state index is 11.8. The first-order chi connectivity index (χ1) is 9.47. The number of amides is 3. The lowest BCUT2D eigenvalue weighted by atomic mass is 9.79. The third-order valence-corrected chi connectivity index (χ3v) is 3.53. The van der Waals surface area contributed by atoms with E-state index in [2.05, 4.69) is 16.6 Å². The summed E-state index contributed by atoms with van der Waals surface area (Å²) in [7, 11) is 0. The fourth-order valence-corrected chi connectivity index (χ4v) is 2.67. The summed E-state index contributed by atoms with van der Waals surface area (Å²) in [6.07, 6.45) is 8.76. The number of imide groups is 1. The number of carboxylic acid groups (broad SMARTS) is 1. The second-order valence-corrected chi connectivity index (χ2v) is 5.21. The van der Waals surface area contributed by atoms with Crippen molar-refractivity contribution in [2.24, 2.45) is 5.41 Å². The molecule has 0 radical (unpaired) electrons. The van der Waals surface area contributed by atoms with Crippen LogP contribution in [0.4, 0.5) is 4.79 Å². The molecule has 6 heteroatoms. The topological polar surface area (TPSA) is 95.5 Å². The number of carbonyl (C=O) groups excluding carboxylic acids is 2. The Hall–Kier alpha value is -2.03. The van der Waals surface area contributed by atoms with E-state index < -0.39 is 23.3 Å². The Morgan fingerprint density at radius 1 is 1.20 bits per heavy atom. The molecule has 1 aliphatic rings. The molecule has 6 nitrogen and oxygen atoms in total. The zero-order valence-corrected chi connectivity index (χ0v) is 11.4. The van der Waals surface area contributed by atoms with Gasteiger partial charge < -0.3 is 10.4 Å². The smallest absolute Gasteiger partial charge is 0.321 e. The fourth-order valence-electron chi connectivity index (χ4n) is 2.67. The van der Waals surface area contributed by atoms with Crippen LogP contribution in [0.15, 0.2) is 0 Å². The Morgan fingerprint density at radius 3 is 2.40 bits per heavy atom. The molecule has 0 aromatic rings. The maximum atomic E-state index is 11.8. The number of carbonyl (C=O) groups is 3. The van der Waals surface area contributed by atoms with Crippen LogP contribution < -0.4 is 10.6 Å². The van der Waals surface area contributed by atoms with E-state index in [0.717, 1.165) is 12.8 Å². The highest BCUT2D eigenvalue weighted by Crippen LogP contribution is 2.43. The van der Waals surface area contributed by atoms with Crippen molar-refractivity contribution in [3.05, 3.63) is 0 Å². The molecule has 20 heavy (non-hydrogen) atoms. The predicted octanol–water partition coefficient (Wildman–Crippen LogP) is 1.26. The largest absolute Gasteiger partial charge is 0.481 e. The second-order valence-electron chi connectivity index (χ2n) is 5.21. The van der Waals surface area contributed by atoms with Crippen molar-refractivity contribution in [1.29, 1.82) is 0 Å². The number of rotatable bonds is 6. The first-order valence-electron chi connectivity index (χ1n) is 6.70. The zero-order chi connectivity index (χ0) is 15.0. The number of hydrogen-bond donors (Lipinski definition) is 3. The fraction of sp³-hybridized carbons (Fsp3) is 0.643. The van der Waals surface area contributed by atoms with E-state index in [1.807, 2.05) is 0 Å². The monoisotopic (exact) mass is 280 g/mol. The van der Waals surface area contributed by atoms with E-state index in [0.29, 0.717) is 25.8 Å². The predicted molar refractivity (Wildman–Crippen MR) is 72.8 cm³/mol. The maximum Gasteiger partial charge on any atom is 0.321 e. The molecule has 1 saturated carbocycles. The molecule has 1 fully saturated rings. The van der Waals surface area contributed by atoms with Crippen LogP contribution in [0.5, 0.6) is 0 Å². The van der Waals surface area contributed by atoms with Crippen molar-refractivity contribution in [3.63, 3.8) is 0 Å². The van der Waals surface area contributed by atoms with E-state index in [-0.39, 0.29) is 12.8 Å². The Morgan fingerprint density at radius 2 is 1.85 bits per heavy atom. The molecule has 0 heterocycles. The van der Waals surface area contributed by atoms with Gasteiger partial charge in [-0.05, 0) is 18.3 Å². The van der Waals surface area contributed by atoms with Crippen LogP contribution in [-0.4, -0.2) is 29.6 Å². The molecule has 0 unspecified atom stereocenters. The SMILES string of the molecule is C#CCCNC(=O)NC(=O)CC1(CC(=O)O)CCCC1. The van der Waals surface area contributed by atoms with Gasteiger partial charge in [0.15, 0.2) is 0 Å². The van der Waals surface area contributed by atoms with Crippen LogP contribution in [0.25, 0.3) is 0 Å². The second kappa shape index (κ2) is 7.53. The molecule has 3 amide bonds. The van der Waals surface area contributed by atoms with Gasteiger partial charge in [-0.2, -0.15) is 0 Å². The Kier molecular flexibility index (Phi) is 6.04. The lowest BCUT2D eigenvalue weighted by Gasteiger charge is -2.26. The van der Waals surface area contributed by atoms with Gasteiger partial charge in [0.25, 0.3) is 0 Å². The number of carboxylic acids is 1. The number of terminal acetylenes is 1. The zero-order valence-electron chi connectivity index (χ0n) is 11.4. The van der Waals surface area contributed by atoms with E-state index in [1.54, 1.807) is 0 Å². The lowest BCUT2D eigenvalue weighted by molar-refractivity contribution is -0.140. The average molecular weight is 280 g/mol. The van der Waals surface area contributed by atoms with Gasteiger partial charge in [0.05, 0.1) is 6.42 Å². The van der Waals surface area contributed by atoms with Gasteiger partial charge in [-0.25, -0.2) is 4.79 Å². The van der Waals surface area contributed by atoms with Gasteiger partial charge >= 0.3 is 12.0 Å². The molecule has 0 saturated heterocycles. The molecule has 0 spiro atoms. The molecular weight excluding hydrogens is 260 g/mol. The number of aliphatic carboxylic acids is 1. The van der Waals surface area contributed by atoms with Crippen molar-refractivity contribution in [2.75, 3.05) is 6.54 Å². The third-order valence-electron chi connectivity index (χ3n) is 3.53. The van der Waals surface area contributed by atoms with Crippen molar-refractivity contribution in [1.82, 2.24) is 10.6 Å². The first kappa shape index (κ1) is 16.0. The number of urea groups is 1. The quantitative estimate of drug-likeness (QED) is 0.504. The van der Waals surface area contributed by atoms with Crippen molar-refractivity contribution >= 4 is 17.9 Å². The molecule has 1 rings (SSSR count). The summed E-state index contributed by atoms with van der Waals surface area (Å²) in [5, 5.41) is 13.6. The highest BCUT2D eigenvalue weighted by molar-refractivity contribution is 5.94. The van der Waals surface area contributed by atoms with Gasteiger partial charge in [0.2, 0.25) is 5.91 Å². The molecule has 3 N–H and O–H groups in total. The Bertz CT molecular complexity index is 419. The minimum absolute atomic E-state index is 0.0286. The van der Waals surface area contributed by atoms with Crippen molar-refractivity contribution < 1.29 is 19.5 Å². The highest BCUT2D eigenvalue weighted by Gasteiger charge is 2.38. The molecule has 0 atom stereocenters. The minimum Gasteiger partial charge on any atom is -0.481 e. The summed E-state index contributed by atoms with van der Waals surface area (Å²) in [6, 6.07) is -0.589. The number of nitrogens with one attached hydrogen (secondary N) is 2. The first-order valence-corrected chi connectivity index (χ1v) is 6.70. The summed E-state index contributed by atoms with van der Waals surface area (Å²) in [5.74, 6) is 1.03. The van der Waals surface area contributed by atoms with E-state index >= 15 is 0 Å². The van der Waals surface area contributed by atoms with Crippen LogP contribution in [0, 0.1) is 17.8 Å². The van der Waals surface area contributed by atoms with Gasteiger partial charge in [-0.3, -0.25) is 14.9 Å². The van der Waals surface area contributed by atoms with Crippen LogP contribution in [0.3, 0.4) is 0 Å². The summed E-state index contributed by atoms with van der Waals surface area (Å²) >= 11 is 0. The average Bonchev–Trinajstić information content (AvgIpc) is 2.76. The third kappa shape index (κ3) is 5.31. The van der Waals surface area contributed by atoms with Crippen LogP contribution >= 0.6 is 0 Å². The lowest BCUT2D eigenvalue weighted by Crippen LogP contribution is -2.41. The Balaban J connectivity index is 2.44. The molecule has 110 valence electrons. The molecule has 0 aliphatic heterocycles.